The molecule has 1 aromatic carbocycles. The highest BCUT2D eigenvalue weighted by atomic mass is 35.5. The van der Waals surface area contributed by atoms with Crippen LogP contribution in [0.1, 0.15) is 40.5 Å². The average molecular weight is 597 g/mol. The summed E-state index contributed by atoms with van der Waals surface area (Å²) < 4.78 is 5.57. The third kappa shape index (κ3) is 6.88. The van der Waals surface area contributed by atoms with Crippen molar-refractivity contribution in [2.75, 3.05) is 31.3 Å². The van der Waals surface area contributed by atoms with Crippen molar-refractivity contribution in [2.45, 2.75) is 58.7 Å². The molecule has 0 bridgehead atoms. The largest absolute Gasteiger partial charge is 0.494 e. The van der Waals surface area contributed by atoms with Crippen molar-refractivity contribution in [3.8, 4) is 5.75 Å². The van der Waals surface area contributed by atoms with Gasteiger partial charge in [0.1, 0.15) is 35.1 Å². The Bertz CT molecular complexity index is 1460. The number of fused-ring (bicyclic) bond motifs is 1. The molecule has 1 fully saturated rings. The molecule has 3 aromatic rings. The summed E-state index contributed by atoms with van der Waals surface area (Å²) in [6, 6.07) is 4.88. The van der Waals surface area contributed by atoms with Crippen molar-refractivity contribution >= 4 is 57.4 Å². The van der Waals surface area contributed by atoms with Gasteiger partial charge in [0.15, 0.2) is 0 Å². The molecular formula is C29H37ClN8O4. The van der Waals surface area contributed by atoms with E-state index in [4.69, 9.17) is 16.3 Å². The van der Waals surface area contributed by atoms with Gasteiger partial charge in [0.25, 0.3) is 0 Å². The summed E-state index contributed by atoms with van der Waals surface area (Å²) in [5.41, 5.74) is 1.10. The second-order valence-electron chi connectivity index (χ2n) is 11.3. The number of carbonyl (C=O) groups excluding carboxylic acids is 3. The van der Waals surface area contributed by atoms with E-state index >= 15 is 0 Å². The number of methoxy groups -OCH3 is 1. The minimum absolute atomic E-state index is 0.284. The Labute approximate surface area is 250 Å². The molecule has 4 N–H and O–H groups in total. The molecule has 3 atom stereocenters. The van der Waals surface area contributed by atoms with E-state index in [0.29, 0.717) is 58.4 Å². The van der Waals surface area contributed by atoms with E-state index in [2.05, 4.69) is 36.2 Å². The predicted molar refractivity (Wildman–Crippen MR) is 162 cm³/mol. The lowest BCUT2D eigenvalue weighted by Crippen LogP contribution is -2.59. The molecule has 0 aliphatic carbocycles. The first-order chi connectivity index (χ1) is 19.9. The van der Waals surface area contributed by atoms with Crippen LogP contribution in [0.5, 0.6) is 5.75 Å². The summed E-state index contributed by atoms with van der Waals surface area (Å²) >= 11 is 5.91. The first kappa shape index (κ1) is 30.9. The molecular weight excluding hydrogens is 560 g/mol. The smallest absolute Gasteiger partial charge is 0.247 e. The van der Waals surface area contributed by atoms with Crippen LogP contribution in [0, 0.1) is 5.41 Å². The molecule has 1 aliphatic heterocycles. The van der Waals surface area contributed by atoms with E-state index in [1.807, 2.05) is 20.8 Å². The number of rotatable bonds is 9. The monoisotopic (exact) mass is 596 g/mol. The molecule has 12 nitrogen and oxygen atoms in total. The highest BCUT2D eigenvalue weighted by molar-refractivity contribution is 6.29. The fourth-order valence-corrected chi connectivity index (χ4v) is 4.88. The van der Waals surface area contributed by atoms with Gasteiger partial charge < -0.3 is 30.9 Å². The number of amides is 3. The van der Waals surface area contributed by atoms with Gasteiger partial charge in [0, 0.05) is 18.0 Å². The first-order valence-electron chi connectivity index (χ1n) is 13.7. The third-order valence-electron chi connectivity index (χ3n) is 7.27. The van der Waals surface area contributed by atoms with Gasteiger partial charge in [-0.25, -0.2) is 15.0 Å². The maximum absolute atomic E-state index is 13.8. The summed E-state index contributed by atoms with van der Waals surface area (Å²) in [5.74, 6) is -0.0223. The lowest BCUT2D eigenvalue weighted by Gasteiger charge is -2.36. The van der Waals surface area contributed by atoms with Crippen LogP contribution in [-0.2, 0) is 14.4 Å². The van der Waals surface area contributed by atoms with Crippen molar-refractivity contribution in [3.63, 3.8) is 0 Å². The van der Waals surface area contributed by atoms with Gasteiger partial charge in [0.2, 0.25) is 17.7 Å². The highest BCUT2D eigenvalue weighted by Crippen LogP contribution is 2.34. The van der Waals surface area contributed by atoms with Gasteiger partial charge in [-0.1, -0.05) is 32.4 Å². The van der Waals surface area contributed by atoms with Crippen molar-refractivity contribution in [3.05, 3.63) is 41.9 Å². The number of ether oxygens (including phenoxy) is 1. The standard InChI is InChI=1S/C29H37ClN8O4/c1-16(31-5)26(39)37-24(29(2,3)4)28(41)38-11-7-8-21(38)27(40)36-20-12-18-19(13-22(20)42-6)33-15-34-25(18)35-17-9-10-23(30)32-14-17/h9-10,12-16,21,24,31H,7-8,11H2,1-6H3,(H,36,40)(H,37,39)(H,33,34,35)/t16-,21-,24+/m0/s1. The van der Waals surface area contributed by atoms with E-state index in [9.17, 15) is 14.4 Å². The highest BCUT2D eigenvalue weighted by Gasteiger charge is 2.42. The second kappa shape index (κ2) is 12.9. The van der Waals surface area contributed by atoms with Crippen LogP contribution in [0.25, 0.3) is 10.9 Å². The fourth-order valence-electron chi connectivity index (χ4n) is 4.77. The van der Waals surface area contributed by atoms with Crippen molar-refractivity contribution in [1.29, 1.82) is 0 Å². The minimum Gasteiger partial charge on any atom is -0.494 e. The quantitative estimate of drug-likeness (QED) is 0.272. The summed E-state index contributed by atoms with van der Waals surface area (Å²) in [6.07, 6.45) is 4.16. The fraction of sp³-hybridized carbons (Fsp3) is 0.448. The summed E-state index contributed by atoms with van der Waals surface area (Å²) in [6.45, 7) is 7.80. The number of halogens is 1. The van der Waals surface area contributed by atoms with Crippen LogP contribution in [0.15, 0.2) is 36.8 Å². The Morgan fingerprint density at radius 1 is 1.14 bits per heavy atom. The Morgan fingerprint density at radius 2 is 1.90 bits per heavy atom. The Hall–Kier alpha value is -4.03. The van der Waals surface area contributed by atoms with Crippen LogP contribution in [0.2, 0.25) is 5.15 Å². The Kier molecular flexibility index (Phi) is 9.47. The second-order valence-corrected chi connectivity index (χ2v) is 11.7. The molecule has 1 aliphatic rings. The maximum Gasteiger partial charge on any atom is 0.247 e. The molecule has 0 unspecified atom stereocenters. The number of hydrogen-bond donors (Lipinski definition) is 4. The van der Waals surface area contributed by atoms with E-state index in [0.717, 1.165) is 0 Å². The summed E-state index contributed by atoms with van der Waals surface area (Å²) in [7, 11) is 3.19. The summed E-state index contributed by atoms with van der Waals surface area (Å²) in [4.78, 5) is 54.5. The van der Waals surface area contributed by atoms with Crippen LogP contribution in [-0.4, -0.2) is 76.4 Å². The van der Waals surface area contributed by atoms with Gasteiger partial charge in [-0.2, -0.15) is 0 Å². The molecule has 0 saturated carbocycles. The van der Waals surface area contributed by atoms with Gasteiger partial charge >= 0.3 is 0 Å². The number of likely N-dealkylation sites (tertiary alicyclic amines) is 1. The van der Waals surface area contributed by atoms with Crippen molar-refractivity contribution in [1.82, 2.24) is 30.5 Å². The zero-order valence-electron chi connectivity index (χ0n) is 24.6. The van der Waals surface area contributed by atoms with Crippen molar-refractivity contribution in [2.24, 2.45) is 5.41 Å². The van der Waals surface area contributed by atoms with E-state index in [1.54, 1.807) is 49.3 Å². The number of carbonyl (C=O) groups is 3. The number of aromatic nitrogens is 3. The molecule has 3 amide bonds. The van der Waals surface area contributed by atoms with Crippen LogP contribution in [0.4, 0.5) is 17.2 Å². The predicted octanol–water partition coefficient (Wildman–Crippen LogP) is 3.50. The number of pyridine rings is 1. The van der Waals surface area contributed by atoms with Gasteiger partial charge in [0.05, 0.1) is 36.2 Å². The number of nitrogens with zero attached hydrogens (tertiary/aromatic N) is 4. The zero-order chi connectivity index (χ0) is 30.6. The zero-order valence-corrected chi connectivity index (χ0v) is 25.4. The van der Waals surface area contributed by atoms with E-state index < -0.39 is 23.5 Å². The van der Waals surface area contributed by atoms with Crippen LogP contribution >= 0.6 is 11.6 Å². The van der Waals surface area contributed by atoms with Gasteiger partial charge in [-0.15, -0.1) is 0 Å². The van der Waals surface area contributed by atoms with Gasteiger partial charge in [-0.3, -0.25) is 14.4 Å². The number of nitrogens with one attached hydrogen (secondary N) is 4. The molecule has 1 saturated heterocycles. The molecule has 0 spiro atoms. The van der Waals surface area contributed by atoms with Crippen LogP contribution < -0.4 is 26.0 Å². The van der Waals surface area contributed by atoms with Crippen LogP contribution in [0.3, 0.4) is 0 Å². The number of hydrogen-bond acceptors (Lipinski definition) is 9. The normalized spacial score (nSPS) is 16.5. The lowest BCUT2D eigenvalue weighted by atomic mass is 9.85. The van der Waals surface area contributed by atoms with E-state index in [1.165, 1.54) is 13.4 Å². The van der Waals surface area contributed by atoms with Gasteiger partial charge in [-0.05, 0) is 50.4 Å². The lowest BCUT2D eigenvalue weighted by molar-refractivity contribution is -0.143. The number of likely N-dealkylation sites (N-methyl/N-ethyl adjacent to an activating group) is 1. The van der Waals surface area contributed by atoms with Crippen molar-refractivity contribution < 1.29 is 19.1 Å². The SMILES string of the molecule is CN[C@@H](C)C(=O)N[C@H](C(=O)N1CCC[C@H]1C(=O)Nc1cc2c(Nc3ccc(Cl)nc3)ncnc2cc1OC)C(C)(C)C. The Morgan fingerprint density at radius 3 is 2.55 bits per heavy atom. The van der Waals surface area contributed by atoms with E-state index in [-0.39, 0.29) is 17.7 Å². The molecule has 42 heavy (non-hydrogen) atoms. The molecule has 13 heteroatoms. The molecule has 4 rings (SSSR count). The Balaban J connectivity index is 1.59. The topological polar surface area (TPSA) is 150 Å². The maximum atomic E-state index is 13.8. The number of anilines is 3. The first-order valence-corrected chi connectivity index (χ1v) is 14.1. The molecule has 224 valence electrons. The third-order valence-corrected chi connectivity index (χ3v) is 7.49. The molecule has 0 radical (unpaired) electrons. The molecule has 2 aromatic heterocycles. The molecule has 3 heterocycles. The average Bonchev–Trinajstić information content (AvgIpc) is 3.46. The number of benzene rings is 1. The minimum atomic E-state index is -0.808. The summed E-state index contributed by atoms with van der Waals surface area (Å²) in [5, 5.41) is 12.9.